The number of rotatable bonds is 3. The molecule has 1 aromatic heterocycles. The van der Waals surface area contributed by atoms with Crippen LogP contribution in [0.2, 0.25) is 0 Å². The number of hydrogen-bond donors (Lipinski definition) is 1. The van der Waals surface area contributed by atoms with Crippen LogP contribution in [0.25, 0.3) is 11.3 Å². The molecule has 1 fully saturated rings. The molecule has 3 aromatic rings. The number of aromatic amines is 1. The number of hydrogen-bond acceptors (Lipinski definition) is 2. The Morgan fingerprint density at radius 3 is 2.38 bits per heavy atom. The molecule has 6 heteroatoms. The monoisotopic (exact) mass is 353 g/mol. The van der Waals surface area contributed by atoms with Crippen LogP contribution < -0.4 is 0 Å². The van der Waals surface area contributed by atoms with E-state index in [9.17, 15) is 13.6 Å². The standard InChI is InChI=1S/C20H17F2N3O/c21-16-5-1-13(2-6-16)15-9-10-25(12-15)20(26)19-11-18(23-24-19)14-3-7-17(22)8-4-14/h1-8,11,15H,9-10,12H2,(H,23,24). The molecule has 0 aliphatic carbocycles. The van der Waals surface area contributed by atoms with E-state index in [-0.39, 0.29) is 23.5 Å². The van der Waals surface area contributed by atoms with Gasteiger partial charge < -0.3 is 4.90 Å². The minimum atomic E-state index is -0.315. The molecule has 0 bridgehead atoms. The van der Waals surface area contributed by atoms with Crippen molar-refractivity contribution in [2.75, 3.05) is 13.1 Å². The average Bonchev–Trinajstić information content (AvgIpc) is 3.32. The molecular formula is C20H17F2N3O. The highest BCUT2D eigenvalue weighted by atomic mass is 19.1. The predicted octanol–water partition coefficient (Wildman–Crippen LogP) is 3.98. The van der Waals surface area contributed by atoms with Crippen LogP contribution in [0.1, 0.15) is 28.4 Å². The number of carbonyl (C=O) groups is 1. The van der Waals surface area contributed by atoms with E-state index in [1.807, 2.05) is 0 Å². The zero-order valence-electron chi connectivity index (χ0n) is 14.0. The predicted molar refractivity (Wildman–Crippen MR) is 93.6 cm³/mol. The number of aromatic nitrogens is 2. The minimum Gasteiger partial charge on any atom is -0.337 e. The first-order valence-corrected chi connectivity index (χ1v) is 8.46. The molecule has 2 heterocycles. The van der Waals surface area contributed by atoms with Gasteiger partial charge in [0.1, 0.15) is 17.3 Å². The Morgan fingerprint density at radius 1 is 1.04 bits per heavy atom. The molecule has 132 valence electrons. The lowest BCUT2D eigenvalue weighted by atomic mass is 9.99. The first-order chi connectivity index (χ1) is 12.6. The van der Waals surface area contributed by atoms with Gasteiger partial charge in [-0.25, -0.2) is 8.78 Å². The normalized spacial score (nSPS) is 16.8. The third-order valence-electron chi connectivity index (χ3n) is 4.77. The highest BCUT2D eigenvalue weighted by Crippen LogP contribution is 2.28. The Hall–Kier alpha value is -3.02. The molecule has 1 saturated heterocycles. The second-order valence-electron chi connectivity index (χ2n) is 6.46. The zero-order chi connectivity index (χ0) is 18.1. The number of likely N-dealkylation sites (tertiary alicyclic amines) is 1. The van der Waals surface area contributed by atoms with E-state index in [0.717, 1.165) is 17.5 Å². The summed E-state index contributed by atoms with van der Waals surface area (Å²) in [4.78, 5) is 14.5. The third-order valence-corrected chi connectivity index (χ3v) is 4.77. The maximum absolute atomic E-state index is 13.1. The number of amides is 1. The number of nitrogens with one attached hydrogen (secondary N) is 1. The summed E-state index contributed by atoms with van der Waals surface area (Å²) >= 11 is 0. The quantitative estimate of drug-likeness (QED) is 0.774. The summed E-state index contributed by atoms with van der Waals surface area (Å²) in [6.45, 7) is 1.24. The minimum absolute atomic E-state index is 0.115. The molecule has 2 aromatic carbocycles. The molecular weight excluding hydrogens is 336 g/mol. The fourth-order valence-corrected chi connectivity index (χ4v) is 3.32. The fraction of sp³-hybridized carbons (Fsp3) is 0.200. The van der Waals surface area contributed by atoms with Gasteiger partial charge >= 0.3 is 0 Å². The topological polar surface area (TPSA) is 49.0 Å². The number of benzene rings is 2. The Bertz CT molecular complexity index is 919. The van der Waals surface area contributed by atoms with Gasteiger partial charge in [-0.1, -0.05) is 12.1 Å². The lowest BCUT2D eigenvalue weighted by molar-refractivity contribution is 0.0785. The van der Waals surface area contributed by atoms with Crippen molar-refractivity contribution in [1.29, 1.82) is 0 Å². The second-order valence-corrected chi connectivity index (χ2v) is 6.46. The molecule has 1 amide bonds. The molecule has 0 radical (unpaired) electrons. The van der Waals surface area contributed by atoms with Gasteiger partial charge in [0.2, 0.25) is 0 Å². The van der Waals surface area contributed by atoms with Gasteiger partial charge in [-0.05, 0) is 54.4 Å². The largest absolute Gasteiger partial charge is 0.337 e. The van der Waals surface area contributed by atoms with Crippen LogP contribution >= 0.6 is 0 Å². The van der Waals surface area contributed by atoms with Crippen LogP contribution in [-0.4, -0.2) is 34.1 Å². The maximum atomic E-state index is 13.1. The van der Waals surface area contributed by atoms with Gasteiger partial charge in [-0.2, -0.15) is 5.10 Å². The highest BCUT2D eigenvalue weighted by Gasteiger charge is 2.29. The lowest BCUT2D eigenvalue weighted by Crippen LogP contribution is -2.28. The van der Waals surface area contributed by atoms with Crippen LogP contribution in [0.15, 0.2) is 54.6 Å². The van der Waals surface area contributed by atoms with E-state index in [4.69, 9.17) is 0 Å². The Morgan fingerprint density at radius 2 is 1.69 bits per heavy atom. The summed E-state index contributed by atoms with van der Waals surface area (Å²) in [6, 6.07) is 14.1. The van der Waals surface area contributed by atoms with Gasteiger partial charge in [0.05, 0.1) is 5.69 Å². The van der Waals surface area contributed by atoms with Gasteiger partial charge in [0, 0.05) is 24.6 Å². The Balaban J connectivity index is 1.47. The molecule has 4 nitrogen and oxygen atoms in total. The van der Waals surface area contributed by atoms with Crippen molar-refractivity contribution in [3.05, 3.63) is 77.5 Å². The molecule has 0 spiro atoms. The maximum Gasteiger partial charge on any atom is 0.271 e. The third kappa shape index (κ3) is 3.22. The lowest BCUT2D eigenvalue weighted by Gasteiger charge is -2.15. The molecule has 1 atom stereocenters. The highest BCUT2D eigenvalue weighted by molar-refractivity contribution is 5.93. The number of halogens is 2. The van der Waals surface area contributed by atoms with Crippen LogP contribution in [0.5, 0.6) is 0 Å². The van der Waals surface area contributed by atoms with Crippen molar-refractivity contribution in [3.63, 3.8) is 0 Å². The molecule has 4 rings (SSSR count). The zero-order valence-corrected chi connectivity index (χ0v) is 14.0. The first-order valence-electron chi connectivity index (χ1n) is 8.46. The molecule has 1 aliphatic rings. The molecule has 1 aliphatic heterocycles. The van der Waals surface area contributed by atoms with Gasteiger partial charge in [0.15, 0.2) is 0 Å². The van der Waals surface area contributed by atoms with Crippen molar-refractivity contribution in [2.45, 2.75) is 12.3 Å². The molecule has 0 saturated carbocycles. The Labute approximate surface area is 149 Å². The Kier molecular flexibility index (Phi) is 4.24. The van der Waals surface area contributed by atoms with E-state index in [1.54, 1.807) is 35.2 Å². The van der Waals surface area contributed by atoms with E-state index in [0.29, 0.717) is 24.5 Å². The second kappa shape index (κ2) is 6.71. The summed E-state index contributed by atoms with van der Waals surface area (Å²) in [7, 11) is 0. The van der Waals surface area contributed by atoms with Crippen molar-refractivity contribution in [2.24, 2.45) is 0 Å². The number of nitrogens with zero attached hydrogens (tertiary/aromatic N) is 2. The summed E-state index contributed by atoms with van der Waals surface area (Å²) in [6.07, 6.45) is 0.844. The van der Waals surface area contributed by atoms with E-state index in [2.05, 4.69) is 10.2 Å². The van der Waals surface area contributed by atoms with Crippen LogP contribution in [0, 0.1) is 11.6 Å². The smallest absolute Gasteiger partial charge is 0.271 e. The van der Waals surface area contributed by atoms with Gasteiger partial charge in [-0.15, -0.1) is 0 Å². The summed E-state index contributed by atoms with van der Waals surface area (Å²) < 4.78 is 26.1. The van der Waals surface area contributed by atoms with Gasteiger partial charge in [-0.3, -0.25) is 9.89 Å². The first kappa shape index (κ1) is 16.4. The van der Waals surface area contributed by atoms with Crippen molar-refractivity contribution in [3.8, 4) is 11.3 Å². The van der Waals surface area contributed by atoms with Crippen LogP contribution in [0.3, 0.4) is 0 Å². The van der Waals surface area contributed by atoms with Crippen molar-refractivity contribution < 1.29 is 13.6 Å². The van der Waals surface area contributed by atoms with Crippen molar-refractivity contribution in [1.82, 2.24) is 15.1 Å². The van der Waals surface area contributed by atoms with E-state index < -0.39 is 0 Å². The van der Waals surface area contributed by atoms with Gasteiger partial charge in [0.25, 0.3) is 5.91 Å². The van der Waals surface area contributed by atoms with E-state index >= 15 is 0 Å². The number of H-pyrrole nitrogens is 1. The summed E-state index contributed by atoms with van der Waals surface area (Å²) in [5.41, 5.74) is 2.79. The molecule has 1 N–H and O–H groups in total. The van der Waals surface area contributed by atoms with Crippen molar-refractivity contribution >= 4 is 5.91 Å². The van der Waals surface area contributed by atoms with Crippen LogP contribution in [-0.2, 0) is 0 Å². The molecule has 26 heavy (non-hydrogen) atoms. The fourth-order valence-electron chi connectivity index (χ4n) is 3.32. The average molecular weight is 353 g/mol. The molecule has 1 unspecified atom stereocenters. The summed E-state index contributed by atoms with van der Waals surface area (Å²) in [5, 5.41) is 6.93. The van der Waals surface area contributed by atoms with Crippen LogP contribution in [0.4, 0.5) is 8.78 Å². The number of carbonyl (C=O) groups excluding carboxylic acids is 1. The van der Waals surface area contributed by atoms with E-state index in [1.165, 1.54) is 24.3 Å². The SMILES string of the molecule is O=C(c1cc(-c2ccc(F)cc2)n[nH]1)N1CCC(c2ccc(F)cc2)C1. The summed E-state index contributed by atoms with van der Waals surface area (Å²) in [5.74, 6) is -0.482.